The van der Waals surface area contributed by atoms with Gasteiger partial charge < -0.3 is 4.74 Å². The third-order valence-corrected chi connectivity index (χ3v) is 4.47. The highest BCUT2D eigenvalue weighted by Crippen LogP contribution is 2.14. The summed E-state index contributed by atoms with van der Waals surface area (Å²) in [6.07, 6.45) is 0.960. The number of hydrogen-bond acceptors (Lipinski definition) is 4. The van der Waals surface area contributed by atoms with Crippen LogP contribution in [0, 0.1) is 24.2 Å². The molecule has 0 spiro atoms. The smallest absolute Gasteiger partial charge is 0.240 e. The number of hydrogen-bond donors (Lipinski definition) is 1. The molecule has 1 aromatic rings. The normalized spacial score (nSPS) is 11.6. The molecule has 0 aliphatic heterocycles. The maximum absolute atomic E-state index is 12.1. The first-order valence-electron chi connectivity index (χ1n) is 6.95. The van der Waals surface area contributed by atoms with Crippen molar-refractivity contribution < 1.29 is 13.2 Å². The molecule has 0 amide bonds. The molecule has 0 aromatic heterocycles. The van der Waals surface area contributed by atoms with Crippen molar-refractivity contribution in [3.63, 3.8) is 0 Å². The largest absolute Gasteiger partial charge is 0.380 e. The number of benzene rings is 1. The topological polar surface area (TPSA) is 79.2 Å². The zero-order valence-corrected chi connectivity index (χ0v) is 13.5. The minimum Gasteiger partial charge on any atom is -0.380 e. The molecule has 0 radical (unpaired) electrons. The van der Waals surface area contributed by atoms with Crippen molar-refractivity contribution in [1.82, 2.24) is 4.72 Å². The van der Waals surface area contributed by atoms with E-state index in [-0.39, 0.29) is 11.4 Å². The van der Waals surface area contributed by atoms with Crippen molar-refractivity contribution in [2.75, 3.05) is 19.8 Å². The third-order valence-electron chi connectivity index (χ3n) is 3.01. The van der Waals surface area contributed by atoms with Gasteiger partial charge in [0, 0.05) is 13.2 Å². The van der Waals surface area contributed by atoms with Gasteiger partial charge in [-0.1, -0.05) is 13.8 Å². The molecule has 0 bridgehead atoms. The van der Waals surface area contributed by atoms with Crippen molar-refractivity contribution in [2.24, 2.45) is 5.92 Å². The summed E-state index contributed by atoms with van der Waals surface area (Å²) in [6.45, 7) is 7.15. The van der Waals surface area contributed by atoms with Gasteiger partial charge in [0.1, 0.15) is 0 Å². The highest BCUT2D eigenvalue weighted by atomic mass is 32.2. The van der Waals surface area contributed by atoms with E-state index in [2.05, 4.69) is 18.6 Å². The van der Waals surface area contributed by atoms with Crippen LogP contribution >= 0.6 is 0 Å². The van der Waals surface area contributed by atoms with Gasteiger partial charge in [-0.25, -0.2) is 13.1 Å². The molecule has 1 rings (SSSR count). The van der Waals surface area contributed by atoms with Gasteiger partial charge in [0.25, 0.3) is 0 Å². The summed E-state index contributed by atoms with van der Waals surface area (Å²) in [5.74, 6) is 0.573. The molecule has 0 saturated heterocycles. The lowest BCUT2D eigenvalue weighted by molar-refractivity contribution is 0.128. The van der Waals surface area contributed by atoms with E-state index in [1.54, 1.807) is 6.92 Å². The highest BCUT2D eigenvalue weighted by molar-refractivity contribution is 7.89. The average Bonchev–Trinajstić information content (AvgIpc) is 2.42. The predicted molar refractivity (Wildman–Crippen MR) is 81.4 cm³/mol. The molecular weight excluding hydrogens is 288 g/mol. The van der Waals surface area contributed by atoms with Crippen molar-refractivity contribution in [3.8, 4) is 6.07 Å². The summed E-state index contributed by atoms with van der Waals surface area (Å²) in [7, 11) is -3.55. The summed E-state index contributed by atoms with van der Waals surface area (Å²) in [5.41, 5.74) is 1.12. The fourth-order valence-corrected chi connectivity index (χ4v) is 2.78. The molecule has 0 aliphatic carbocycles. The zero-order valence-electron chi connectivity index (χ0n) is 12.7. The van der Waals surface area contributed by atoms with Crippen LogP contribution in [0.15, 0.2) is 23.1 Å². The molecule has 0 fully saturated rings. The Bertz CT molecular complexity index is 604. The first kappa shape index (κ1) is 17.6. The Morgan fingerprint density at radius 3 is 2.62 bits per heavy atom. The van der Waals surface area contributed by atoms with E-state index in [4.69, 9.17) is 10.00 Å². The van der Waals surface area contributed by atoms with E-state index in [1.165, 1.54) is 18.2 Å². The lowest BCUT2D eigenvalue weighted by Crippen LogP contribution is -2.27. The average molecular weight is 310 g/mol. The Balaban J connectivity index is 2.51. The molecule has 5 nitrogen and oxygen atoms in total. The number of nitrogens with zero attached hydrogens (tertiary/aromatic N) is 1. The number of rotatable bonds is 8. The minimum absolute atomic E-state index is 0.168. The van der Waals surface area contributed by atoms with Gasteiger partial charge in [0.2, 0.25) is 10.0 Å². The maximum Gasteiger partial charge on any atom is 0.240 e. The van der Waals surface area contributed by atoms with E-state index in [0.29, 0.717) is 30.3 Å². The number of nitrogens with one attached hydrogen (secondary N) is 1. The predicted octanol–water partition coefficient (Wildman–Crippen LogP) is 2.21. The second kappa shape index (κ2) is 8.13. The van der Waals surface area contributed by atoms with Gasteiger partial charge in [-0.2, -0.15) is 5.26 Å². The summed E-state index contributed by atoms with van der Waals surface area (Å²) in [6, 6.07) is 6.47. The van der Waals surface area contributed by atoms with Crippen LogP contribution in [0.3, 0.4) is 0 Å². The number of aryl methyl sites for hydroxylation is 1. The monoisotopic (exact) mass is 310 g/mol. The molecule has 0 aliphatic rings. The summed E-state index contributed by atoms with van der Waals surface area (Å²) in [4.78, 5) is 0.168. The molecule has 1 aromatic carbocycles. The van der Waals surface area contributed by atoms with Gasteiger partial charge >= 0.3 is 0 Å². The summed E-state index contributed by atoms with van der Waals surface area (Å²) in [5, 5.41) is 8.84. The molecule has 0 atom stereocenters. The summed E-state index contributed by atoms with van der Waals surface area (Å²) < 4.78 is 32.0. The van der Waals surface area contributed by atoms with Crippen LogP contribution in [-0.4, -0.2) is 28.2 Å². The van der Waals surface area contributed by atoms with Crippen LogP contribution in [0.25, 0.3) is 0 Å². The van der Waals surface area contributed by atoms with Gasteiger partial charge in [-0.3, -0.25) is 0 Å². The molecule has 6 heteroatoms. The van der Waals surface area contributed by atoms with Crippen LogP contribution in [-0.2, 0) is 14.8 Å². The Labute approximate surface area is 127 Å². The Hall–Kier alpha value is -1.42. The lowest BCUT2D eigenvalue weighted by atomic mass is 10.1. The quantitative estimate of drug-likeness (QED) is 0.747. The Morgan fingerprint density at radius 1 is 1.33 bits per heavy atom. The SMILES string of the molecule is Cc1cc(S(=O)(=O)NCCOCCC(C)C)ccc1C#N. The summed E-state index contributed by atoms with van der Waals surface area (Å²) >= 11 is 0. The minimum atomic E-state index is -3.55. The van der Waals surface area contributed by atoms with Crippen LogP contribution in [0.5, 0.6) is 0 Å². The van der Waals surface area contributed by atoms with Crippen LogP contribution in [0.2, 0.25) is 0 Å². The fourth-order valence-electron chi connectivity index (χ4n) is 1.68. The van der Waals surface area contributed by atoms with Crippen molar-refractivity contribution in [3.05, 3.63) is 29.3 Å². The van der Waals surface area contributed by atoms with E-state index in [0.717, 1.165) is 6.42 Å². The van der Waals surface area contributed by atoms with E-state index in [9.17, 15) is 8.42 Å². The number of nitriles is 1. The molecule has 116 valence electrons. The van der Waals surface area contributed by atoms with Crippen LogP contribution < -0.4 is 4.72 Å². The Kier molecular flexibility index (Phi) is 6.82. The number of ether oxygens (including phenoxy) is 1. The van der Waals surface area contributed by atoms with Crippen molar-refractivity contribution >= 4 is 10.0 Å². The van der Waals surface area contributed by atoms with Crippen molar-refractivity contribution in [1.29, 1.82) is 5.26 Å². The van der Waals surface area contributed by atoms with Crippen LogP contribution in [0.4, 0.5) is 0 Å². The maximum atomic E-state index is 12.1. The molecular formula is C15H22N2O3S. The lowest BCUT2D eigenvalue weighted by Gasteiger charge is -2.09. The second-order valence-corrected chi connectivity index (χ2v) is 7.05. The standard InChI is InChI=1S/C15H22N2O3S/c1-12(2)6-8-20-9-7-17-21(18,19)15-5-4-14(11-16)13(3)10-15/h4-5,10,12,17H,6-9H2,1-3H3. The molecule has 0 heterocycles. The molecule has 0 saturated carbocycles. The molecule has 0 unspecified atom stereocenters. The van der Waals surface area contributed by atoms with E-state index in [1.807, 2.05) is 6.07 Å². The van der Waals surface area contributed by atoms with E-state index >= 15 is 0 Å². The Morgan fingerprint density at radius 2 is 2.05 bits per heavy atom. The first-order valence-corrected chi connectivity index (χ1v) is 8.43. The molecule has 21 heavy (non-hydrogen) atoms. The van der Waals surface area contributed by atoms with Crippen molar-refractivity contribution in [2.45, 2.75) is 32.1 Å². The third kappa shape index (κ3) is 5.84. The van der Waals surface area contributed by atoms with Gasteiger partial charge in [-0.05, 0) is 43.0 Å². The van der Waals surface area contributed by atoms with E-state index < -0.39 is 10.0 Å². The molecule has 1 N–H and O–H groups in total. The zero-order chi connectivity index (χ0) is 15.9. The fraction of sp³-hybridized carbons (Fsp3) is 0.533. The highest BCUT2D eigenvalue weighted by Gasteiger charge is 2.14. The van der Waals surface area contributed by atoms with Gasteiger partial charge in [0.05, 0.1) is 23.1 Å². The van der Waals surface area contributed by atoms with Crippen LogP contribution in [0.1, 0.15) is 31.4 Å². The number of sulfonamides is 1. The second-order valence-electron chi connectivity index (χ2n) is 5.28. The van der Waals surface area contributed by atoms with Gasteiger partial charge in [-0.15, -0.1) is 0 Å². The first-order chi connectivity index (χ1) is 9.86. The van der Waals surface area contributed by atoms with Gasteiger partial charge in [0.15, 0.2) is 0 Å².